The SMILES string of the molecule is Cc1cccc(C(=O)CC#N)c1Cl. The quantitative estimate of drug-likeness (QED) is 0.678. The molecule has 0 saturated carbocycles. The molecule has 0 spiro atoms. The molecule has 0 aliphatic rings. The summed E-state index contributed by atoms with van der Waals surface area (Å²) in [5, 5.41) is 8.79. The highest BCUT2D eigenvalue weighted by atomic mass is 35.5. The van der Waals surface area contributed by atoms with Gasteiger partial charge in [0.05, 0.1) is 17.5 Å². The lowest BCUT2D eigenvalue weighted by atomic mass is 10.1. The van der Waals surface area contributed by atoms with Crippen molar-refractivity contribution in [2.24, 2.45) is 0 Å². The van der Waals surface area contributed by atoms with Crippen LogP contribution in [0.25, 0.3) is 0 Å². The Balaban J connectivity index is 3.09. The van der Waals surface area contributed by atoms with E-state index in [9.17, 15) is 4.79 Å². The smallest absolute Gasteiger partial charge is 0.178 e. The molecule has 0 atom stereocenters. The largest absolute Gasteiger partial charge is 0.293 e. The molecule has 0 unspecified atom stereocenters. The minimum atomic E-state index is -0.226. The molecule has 3 heteroatoms. The van der Waals surface area contributed by atoms with E-state index in [0.717, 1.165) is 5.56 Å². The van der Waals surface area contributed by atoms with E-state index in [1.807, 2.05) is 13.0 Å². The normalized spacial score (nSPS) is 9.31. The van der Waals surface area contributed by atoms with Crippen molar-refractivity contribution in [1.29, 1.82) is 5.26 Å². The summed E-state index contributed by atoms with van der Waals surface area (Å²) in [6.45, 7) is 1.82. The van der Waals surface area contributed by atoms with Crippen LogP contribution in [0.5, 0.6) is 0 Å². The Labute approximate surface area is 81.7 Å². The fourth-order valence-electron chi connectivity index (χ4n) is 1.03. The predicted octanol–water partition coefficient (Wildman–Crippen LogP) is 2.74. The molecule has 0 amide bonds. The topological polar surface area (TPSA) is 40.9 Å². The molecule has 66 valence electrons. The van der Waals surface area contributed by atoms with Crippen molar-refractivity contribution in [2.75, 3.05) is 0 Å². The second-order valence-electron chi connectivity index (χ2n) is 2.69. The summed E-state index contributed by atoms with van der Waals surface area (Å²) in [4.78, 5) is 11.3. The maximum absolute atomic E-state index is 11.3. The van der Waals surface area contributed by atoms with Crippen LogP contribution in [0.4, 0.5) is 0 Å². The van der Waals surface area contributed by atoms with E-state index in [2.05, 4.69) is 0 Å². The number of Topliss-reactive ketones (excluding diaryl/α,β-unsaturated/α-hetero) is 1. The van der Waals surface area contributed by atoms with E-state index in [0.29, 0.717) is 10.6 Å². The molecule has 0 heterocycles. The first-order chi connectivity index (χ1) is 6.16. The van der Waals surface area contributed by atoms with Gasteiger partial charge in [0.25, 0.3) is 0 Å². The summed E-state index contributed by atoms with van der Waals surface area (Å²) < 4.78 is 0. The third kappa shape index (κ3) is 2.07. The number of carbonyl (C=O) groups excluding carboxylic acids is 1. The Morgan fingerprint density at radius 3 is 2.92 bits per heavy atom. The molecule has 1 rings (SSSR count). The number of nitriles is 1. The van der Waals surface area contributed by atoms with Crippen molar-refractivity contribution in [3.8, 4) is 6.07 Å². The van der Waals surface area contributed by atoms with E-state index in [1.165, 1.54) is 0 Å². The molecule has 0 aromatic heterocycles. The summed E-state index contributed by atoms with van der Waals surface area (Å²) in [5.41, 5.74) is 1.29. The van der Waals surface area contributed by atoms with Crippen molar-refractivity contribution in [3.63, 3.8) is 0 Å². The highest BCUT2D eigenvalue weighted by Gasteiger charge is 2.10. The van der Waals surface area contributed by atoms with Crippen molar-refractivity contribution in [3.05, 3.63) is 34.3 Å². The summed E-state index contributed by atoms with van der Waals surface area (Å²) in [6, 6.07) is 7.02. The number of hydrogen-bond acceptors (Lipinski definition) is 2. The van der Waals surface area contributed by atoms with E-state index < -0.39 is 0 Å². The van der Waals surface area contributed by atoms with Crippen molar-refractivity contribution in [2.45, 2.75) is 13.3 Å². The standard InChI is InChI=1S/C10H8ClNO/c1-7-3-2-4-8(10(7)11)9(13)5-6-12/h2-4H,5H2,1H3. The van der Waals surface area contributed by atoms with Gasteiger partial charge in [0.15, 0.2) is 5.78 Å². The molecule has 0 N–H and O–H groups in total. The third-order valence-electron chi connectivity index (χ3n) is 1.73. The number of ketones is 1. The number of carbonyl (C=O) groups is 1. The Hall–Kier alpha value is -1.33. The molecule has 0 radical (unpaired) electrons. The minimum Gasteiger partial charge on any atom is -0.293 e. The van der Waals surface area contributed by atoms with Gasteiger partial charge in [-0.1, -0.05) is 23.7 Å². The van der Waals surface area contributed by atoms with Crippen LogP contribution in [0.1, 0.15) is 22.3 Å². The molecule has 1 aromatic carbocycles. The Bertz CT molecular complexity index is 379. The third-order valence-corrected chi connectivity index (χ3v) is 2.23. The molecule has 0 aliphatic carbocycles. The first-order valence-corrected chi connectivity index (χ1v) is 4.20. The lowest BCUT2D eigenvalue weighted by Crippen LogP contribution is -1.99. The molecular formula is C10H8ClNO. The summed E-state index contributed by atoms with van der Waals surface area (Å²) in [5.74, 6) is -0.226. The van der Waals surface area contributed by atoms with Crippen LogP contribution >= 0.6 is 11.6 Å². The molecule has 1 aromatic rings. The van der Waals surface area contributed by atoms with Crippen LogP contribution in [0, 0.1) is 18.3 Å². The van der Waals surface area contributed by atoms with Gasteiger partial charge in [-0.3, -0.25) is 4.79 Å². The van der Waals surface area contributed by atoms with E-state index >= 15 is 0 Å². The van der Waals surface area contributed by atoms with E-state index in [4.69, 9.17) is 16.9 Å². The monoisotopic (exact) mass is 193 g/mol. The average molecular weight is 194 g/mol. The van der Waals surface area contributed by atoms with Gasteiger partial charge in [-0.25, -0.2) is 0 Å². The lowest BCUT2D eigenvalue weighted by molar-refractivity contribution is 0.0998. The maximum Gasteiger partial charge on any atom is 0.178 e. The zero-order chi connectivity index (χ0) is 9.84. The number of aryl methyl sites for hydroxylation is 1. The fraction of sp³-hybridized carbons (Fsp3) is 0.200. The summed E-state index contributed by atoms with van der Waals surface area (Å²) in [6.07, 6.45) is -0.122. The average Bonchev–Trinajstić information content (AvgIpc) is 2.10. The van der Waals surface area contributed by atoms with E-state index in [1.54, 1.807) is 18.2 Å². The fourth-order valence-corrected chi connectivity index (χ4v) is 1.26. The second-order valence-corrected chi connectivity index (χ2v) is 3.07. The first kappa shape index (κ1) is 9.76. The number of rotatable bonds is 2. The molecule has 0 saturated heterocycles. The van der Waals surface area contributed by atoms with Crippen molar-refractivity contribution < 1.29 is 4.79 Å². The Kier molecular flexibility index (Phi) is 3.05. The Morgan fingerprint density at radius 1 is 1.62 bits per heavy atom. The van der Waals surface area contributed by atoms with Crippen LogP contribution < -0.4 is 0 Å². The van der Waals surface area contributed by atoms with Gasteiger partial charge in [0, 0.05) is 5.56 Å². The van der Waals surface area contributed by atoms with Gasteiger partial charge in [-0.15, -0.1) is 0 Å². The van der Waals surface area contributed by atoms with Crippen LogP contribution in [0.15, 0.2) is 18.2 Å². The summed E-state index contributed by atoms with van der Waals surface area (Å²) in [7, 11) is 0. The zero-order valence-corrected chi connectivity index (χ0v) is 7.93. The predicted molar refractivity (Wildman–Crippen MR) is 50.7 cm³/mol. The second kappa shape index (κ2) is 4.06. The van der Waals surface area contributed by atoms with Gasteiger partial charge in [-0.05, 0) is 18.6 Å². The van der Waals surface area contributed by atoms with Gasteiger partial charge < -0.3 is 0 Å². The zero-order valence-electron chi connectivity index (χ0n) is 7.17. The maximum atomic E-state index is 11.3. The van der Waals surface area contributed by atoms with E-state index in [-0.39, 0.29) is 12.2 Å². The number of hydrogen-bond donors (Lipinski definition) is 0. The van der Waals surface area contributed by atoms with Crippen LogP contribution in [0.3, 0.4) is 0 Å². The van der Waals surface area contributed by atoms with Crippen LogP contribution in [0.2, 0.25) is 5.02 Å². The minimum absolute atomic E-state index is 0.122. The van der Waals surface area contributed by atoms with Crippen LogP contribution in [-0.4, -0.2) is 5.78 Å². The molecule has 0 fully saturated rings. The van der Waals surface area contributed by atoms with Gasteiger partial charge in [-0.2, -0.15) is 5.26 Å². The highest BCUT2D eigenvalue weighted by molar-refractivity contribution is 6.34. The summed E-state index contributed by atoms with van der Waals surface area (Å²) >= 11 is 5.89. The molecular weight excluding hydrogens is 186 g/mol. The number of benzene rings is 1. The lowest BCUT2D eigenvalue weighted by Gasteiger charge is -2.02. The number of halogens is 1. The van der Waals surface area contributed by atoms with Crippen molar-refractivity contribution in [1.82, 2.24) is 0 Å². The van der Waals surface area contributed by atoms with Crippen LogP contribution in [-0.2, 0) is 0 Å². The highest BCUT2D eigenvalue weighted by Crippen LogP contribution is 2.21. The molecule has 0 bridgehead atoms. The number of nitrogens with zero attached hydrogens (tertiary/aromatic N) is 1. The van der Waals surface area contributed by atoms with Gasteiger partial charge >= 0.3 is 0 Å². The molecule has 13 heavy (non-hydrogen) atoms. The van der Waals surface area contributed by atoms with Gasteiger partial charge in [0.1, 0.15) is 0 Å². The molecule has 0 aliphatic heterocycles. The Morgan fingerprint density at radius 2 is 2.31 bits per heavy atom. The van der Waals surface area contributed by atoms with Gasteiger partial charge in [0.2, 0.25) is 0 Å². The first-order valence-electron chi connectivity index (χ1n) is 3.82. The molecule has 2 nitrogen and oxygen atoms in total. The van der Waals surface area contributed by atoms with Crippen molar-refractivity contribution >= 4 is 17.4 Å².